The fourth-order valence-electron chi connectivity index (χ4n) is 2.00. The monoisotopic (exact) mass is 288 g/mol. The molecule has 21 heavy (non-hydrogen) atoms. The van der Waals surface area contributed by atoms with E-state index in [0.717, 1.165) is 5.56 Å². The van der Waals surface area contributed by atoms with Gasteiger partial charge in [0, 0.05) is 26.4 Å². The maximum Gasteiger partial charge on any atom is 0.244 e. The fraction of sp³-hybridized carbons (Fsp3) is 0.333. The first-order valence-electron chi connectivity index (χ1n) is 6.77. The molecular weight excluding hydrogens is 268 g/mol. The molecule has 0 saturated carbocycles. The highest BCUT2D eigenvalue weighted by atomic mass is 16.5. The summed E-state index contributed by atoms with van der Waals surface area (Å²) < 4.78 is 6.62. The number of amides is 1. The summed E-state index contributed by atoms with van der Waals surface area (Å²) in [6.07, 6.45) is 3.18. The summed E-state index contributed by atoms with van der Waals surface area (Å²) in [6.45, 7) is 1.77. The van der Waals surface area contributed by atoms with Crippen LogP contribution < -0.4 is 5.73 Å². The van der Waals surface area contributed by atoms with Gasteiger partial charge in [0.2, 0.25) is 5.91 Å². The first-order chi connectivity index (χ1) is 10.2. The number of hydrogen-bond acceptors (Lipinski definition) is 4. The number of aromatic nitrogens is 2. The van der Waals surface area contributed by atoms with Gasteiger partial charge in [-0.2, -0.15) is 5.10 Å². The van der Waals surface area contributed by atoms with E-state index in [1.54, 1.807) is 22.9 Å². The van der Waals surface area contributed by atoms with Crippen molar-refractivity contribution in [1.29, 1.82) is 0 Å². The van der Waals surface area contributed by atoms with Crippen LogP contribution in [-0.2, 0) is 22.6 Å². The van der Waals surface area contributed by atoms with Crippen molar-refractivity contribution in [3.63, 3.8) is 0 Å². The van der Waals surface area contributed by atoms with Crippen molar-refractivity contribution >= 4 is 11.6 Å². The van der Waals surface area contributed by atoms with Crippen LogP contribution in [0.25, 0.3) is 0 Å². The molecule has 0 bridgehead atoms. The molecule has 2 rings (SSSR count). The number of hydrogen-bond donors (Lipinski definition) is 1. The second kappa shape index (κ2) is 7.44. The van der Waals surface area contributed by atoms with E-state index in [9.17, 15) is 4.79 Å². The standard InChI is InChI=1S/C15H20N4O2/c1-21-8-7-18(10-13-5-3-2-4-6-13)15(20)12-19-11-14(16)9-17-19/h2-6,9,11H,7-8,10,12,16H2,1H3. The van der Waals surface area contributed by atoms with Crippen LogP contribution in [0.2, 0.25) is 0 Å². The molecule has 1 aromatic heterocycles. The highest BCUT2D eigenvalue weighted by Crippen LogP contribution is 2.06. The maximum absolute atomic E-state index is 12.4. The molecule has 0 aliphatic heterocycles. The van der Waals surface area contributed by atoms with Gasteiger partial charge in [-0.1, -0.05) is 30.3 Å². The van der Waals surface area contributed by atoms with Gasteiger partial charge in [0.1, 0.15) is 6.54 Å². The Morgan fingerprint density at radius 2 is 2.14 bits per heavy atom. The number of carbonyl (C=O) groups excluding carboxylic acids is 1. The zero-order chi connectivity index (χ0) is 15.1. The molecule has 0 fully saturated rings. The Morgan fingerprint density at radius 3 is 2.76 bits per heavy atom. The number of benzene rings is 1. The molecule has 0 spiro atoms. The number of nitrogens with two attached hydrogens (primary N) is 1. The van der Waals surface area contributed by atoms with Crippen molar-refractivity contribution in [2.24, 2.45) is 0 Å². The van der Waals surface area contributed by atoms with Gasteiger partial charge in [0.05, 0.1) is 18.5 Å². The Balaban J connectivity index is 2.02. The summed E-state index contributed by atoms with van der Waals surface area (Å²) in [5, 5.41) is 4.04. The van der Waals surface area contributed by atoms with E-state index >= 15 is 0 Å². The van der Waals surface area contributed by atoms with Crippen molar-refractivity contribution < 1.29 is 9.53 Å². The number of methoxy groups -OCH3 is 1. The highest BCUT2D eigenvalue weighted by Gasteiger charge is 2.14. The van der Waals surface area contributed by atoms with Gasteiger partial charge in [0.15, 0.2) is 0 Å². The van der Waals surface area contributed by atoms with E-state index < -0.39 is 0 Å². The van der Waals surface area contributed by atoms with Crippen LogP contribution in [0, 0.1) is 0 Å². The first kappa shape index (κ1) is 15.1. The SMILES string of the molecule is COCCN(Cc1ccccc1)C(=O)Cn1cc(N)cn1. The third kappa shape index (κ3) is 4.61. The second-order valence-electron chi connectivity index (χ2n) is 4.76. The lowest BCUT2D eigenvalue weighted by Gasteiger charge is -2.22. The lowest BCUT2D eigenvalue weighted by atomic mass is 10.2. The Labute approximate surface area is 124 Å². The Morgan fingerprint density at radius 1 is 1.38 bits per heavy atom. The molecule has 2 N–H and O–H groups in total. The molecule has 0 radical (unpaired) electrons. The van der Waals surface area contributed by atoms with Gasteiger partial charge < -0.3 is 15.4 Å². The molecule has 6 heteroatoms. The molecule has 0 atom stereocenters. The molecule has 1 heterocycles. The summed E-state index contributed by atoms with van der Waals surface area (Å²) in [5.74, 6) is -0.0148. The van der Waals surface area contributed by atoms with Crippen molar-refractivity contribution in [2.45, 2.75) is 13.1 Å². The molecule has 1 amide bonds. The minimum absolute atomic E-state index is 0.0148. The number of nitrogen functional groups attached to an aromatic ring is 1. The van der Waals surface area contributed by atoms with E-state index in [0.29, 0.717) is 25.4 Å². The fourth-order valence-corrected chi connectivity index (χ4v) is 2.00. The predicted molar refractivity (Wildman–Crippen MR) is 80.4 cm³/mol. The number of nitrogens with zero attached hydrogens (tertiary/aromatic N) is 3. The normalized spacial score (nSPS) is 10.5. The van der Waals surface area contributed by atoms with Crippen molar-refractivity contribution in [3.8, 4) is 0 Å². The summed E-state index contributed by atoms with van der Waals surface area (Å²) in [4.78, 5) is 14.2. The summed E-state index contributed by atoms with van der Waals surface area (Å²) in [5.41, 5.74) is 7.24. The van der Waals surface area contributed by atoms with Crippen LogP contribution in [0.3, 0.4) is 0 Å². The van der Waals surface area contributed by atoms with Crippen LogP contribution in [0.4, 0.5) is 5.69 Å². The molecule has 112 valence electrons. The maximum atomic E-state index is 12.4. The van der Waals surface area contributed by atoms with Crippen LogP contribution in [0.5, 0.6) is 0 Å². The van der Waals surface area contributed by atoms with Gasteiger partial charge in [-0.25, -0.2) is 0 Å². The summed E-state index contributed by atoms with van der Waals surface area (Å²) in [6, 6.07) is 9.88. The predicted octanol–water partition coefficient (Wildman–Crippen LogP) is 1.14. The van der Waals surface area contributed by atoms with Gasteiger partial charge in [-0.15, -0.1) is 0 Å². The number of ether oxygens (including phenoxy) is 1. The molecule has 0 saturated heterocycles. The summed E-state index contributed by atoms with van der Waals surface area (Å²) in [7, 11) is 1.62. The van der Waals surface area contributed by atoms with Gasteiger partial charge >= 0.3 is 0 Å². The molecule has 0 unspecified atom stereocenters. The molecule has 0 aliphatic rings. The highest BCUT2D eigenvalue weighted by molar-refractivity contribution is 5.76. The van der Waals surface area contributed by atoms with Crippen molar-refractivity contribution in [2.75, 3.05) is 26.0 Å². The number of rotatable bonds is 7. The van der Waals surface area contributed by atoms with Crippen LogP contribution in [0.15, 0.2) is 42.7 Å². The minimum atomic E-state index is -0.0148. The third-order valence-corrected chi connectivity index (χ3v) is 3.08. The molecule has 0 aliphatic carbocycles. The number of anilines is 1. The Hall–Kier alpha value is -2.34. The molecule has 2 aromatic rings. The minimum Gasteiger partial charge on any atom is -0.396 e. The lowest BCUT2D eigenvalue weighted by molar-refractivity contribution is -0.133. The first-order valence-corrected chi connectivity index (χ1v) is 6.77. The van der Waals surface area contributed by atoms with Gasteiger partial charge in [-0.05, 0) is 5.56 Å². The largest absolute Gasteiger partial charge is 0.396 e. The van der Waals surface area contributed by atoms with Gasteiger partial charge in [-0.3, -0.25) is 9.48 Å². The van der Waals surface area contributed by atoms with E-state index in [4.69, 9.17) is 10.5 Å². The lowest BCUT2D eigenvalue weighted by Crippen LogP contribution is -2.36. The topological polar surface area (TPSA) is 73.4 Å². The van der Waals surface area contributed by atoms with Crippen molar-refractivity contribution in [1.82, 2.24) is 14.7 Å². The average Bonchev–Trinajstić information content (AvgIpc) is 2.89. The Kier molecular flexibility index (Phi) is 5.34. The van der Waals surface area contributed by atoms with Crippen LogP contribution >= 0.6 is 0 Å². The molecule has 1 aromatic carbocycles. The quantitative estimate of drug-likeness (QED) is 0.829. The second-order valence-corrected chi connectivity index (χ2v) is 4.76. The number of carbonyl (C=O) groups is 1. The van der Waals surface area contributed by atoms with Gasteiger partial charge in [0.25, 0.3) is 0 Å². The van der Waals surface area contributed by atoms with E-state index in [1.165, 1.54) is 6.20 Å². The molecular formula is C15H20N4O2. The zero-order valence-corrected chi connectivity index (χ0v) is 12.1. The van der Waals surface area contributed by atoms with Crippen molar-refractivity contribution in [3.05, 3.63) is 48.3 Å². The van der Waals surface area contributed by atoms with E-state index in [1.807, 2.05) is 30.3 Å². The Bertz CT molecular complexity index is 568. The van der Waals surface area contributed by atoms with E-state index in [2.05, 4.69) is 5.10 Å². The average molecular weight is 288 g/mol. The van der Waals surface area contributed by atoms with Crippen LogP contribution in [-0.4, -0.2) is 40.8 Å². The smallest absolute Gasteiger partial charge is 0.244 e. The molecule has 6 nitrogen and oxygen atoms in total. The third-order valence-electron chi connectivity index (χ3n) is 3.08. The summed E-state index contributed by atoms with van der Waals surface area (Å²) >= 11 is 0. The van der Waals surface area contributed by atoms with E-state index in [-0.39, 0.29) is 12.5 Å². The zero-order valence-electron chi connectivity index (χ0n) is 12.1. The van der Waals surface area contributed by atoms with Crippen LogP contribution in [0.1, 0.15) is 5.56 Å².